The van der Waals surface area contributed by atoms with Crippen LogP contribution in [0.4, 0.5) is 0 Å². The molecule has 2 rings (SSSR count). The van der Waals surface area contributed by atoms with E-state index in [0.29, 0.717) is 0 Å². The molecule has 0 N–H and O–H groups in total. The van der Waals surface area contributed by atoms with Crippen molar-refractivity contribution in [2.75, 3.05) is 0 Å². The smallest absolute Gasteiger partial charge is 0.113 e. The Morgan fingerprint density at radius 1 is 1.50 bits per heavy atom. The largest absolute Gasteiger partial charge is 0.266 e. The average Bonchev–Trinajstić information content (AvgIpc) is 2.85. The van der Waals surface area contributed by atoms with Gasteiger partial charge in [0.15, 0.2) is 0 Å². The Balaban J connectivity index is 2.42. The van der Waals surface area contributed by atoms with Gasteiger partial charge in [-0.05, 0) is 19.9 Å². The third-order valence-electron chi connectivity index (χ3n) is 2.40. The molecule has 0 fully saturated rings. The maximum atomic E-state index is 9.04. The van der Waals surface area contributed by atoms with Crippen LogP contribution in [0, 0.1) is 11.3 Å². The molecule has 0 atom stereocenters. The fourth-order valence-electron chi connectivity index (χ4n) is 1.35. The van der Waals surface area contributed by atoms with E-state index in [1.807, 2.05) is 32.3 Å². The zero-order chi connectivity index (χ0) is 11.8. The zero-order valence-corrected chi connectivity index (χ0v) is 10.2. The summed E-state index contributed by atoms with van der Waals surface area (Å²) in [7, 11) is 1.88. The zero-order valence-electron chi connectivity index (χ0n) is 9.43. The fourth-order valence-corrected chi connectivity index (χ4v) is 2.24. The van der Waals surface area contributed by atoms with Crippen LogP contribution in [0.3, 0.4) is 0 Å². The minimum Gasteiger partial charge on any atom is -0.266 e. The van der Waals surface area contributed by atoms with E-state index in [1.165, 1.54) is 11.3 Å². The summed E-state index contributed by atoms with van der Waals surface area (Å²) in [4.78, 5) is 4.49. The van der Waals surface area contributed by atoms with Crippen LogP contribution in [0.1, 0.15) is 18.9 Å². The summed E-state index contributed by atoms with van der Waals surface area (Å²) in [5.41, 5.74) is 1.32. The van der Waals surface area contributed by atoms with Crippen molar-refractivity contribution < 1.29 is 0 Å². The third-order valence-corrected chi connectivity index (χ3v) is 3.57. The first-order chi connectivity index (χ1) is 7.54. The molecule has 4 nitrogen and oxygen atoms in total. The van der Waals surface area contributed by atoms with Crippen molar-refractivity contribution in [3.63, 3.8) is 0 Å². The molecule has 5 heteroatoms. The van der Waals surface area contributed by atoms with Gasteiger partial charge in [0.2, 0.25) is 0 Å². The minimum absolute atomic E-state index is 0.526. The van der Waals surface area contributed by atoms with Crippen LogP contribution >= 0.6 is 11.3 Å². The molecule has 0 saturated heterocycles. The highest BCUT2D eigenvalue weighted by atomic mass is 32.1. The minimum atomic E-state index is -0.526. The van der Waals surface area contributed by atoms with Gasteiger partial charge in [-0.3, -0.25) is 4.68 Å². The maximum absolute atomic E-state index is 9.04. The summed E-state index contributed by atoms with van der Waals surface area (Å²) in [5.74, 6) is 0. The van der Waals surface area contributed by atoms with Crippen molar-refractivity contribution in [2.24, 2.45) is 7.05 Å². The summed E-state index contributed by atoms with van der Waals surface area (Å²) in [6.07, 6.45) is 1.74. The average molecular weight is 232 g/mol. The van der Waals surface area contributed by atoms with Crippen LogP contribution in [0.15, 0.2) is 17.6 Å². The number of aryl methyl sites for hydroxylation is 1. The molecule has 2 aromatic heterocycles. The lowest BCUT2D eigenvalue weighted by Crippen LogP contribution is -2.13. The molecule has 0 unspecified atom stereocenters. The lowest BCUT2D eigenvalue weighted by molar-refractivity contribution is 0.679. The molecular weight excluding hydrogens is 220 g/mol. The molecule has 0 amide bonds. The lowest BCUT2D eigenvalue weighted by Gasteiger charge is -2.09. The van der Waals surface area contributed by atoms with Gasteiger partial charge in [-0.2, -0.15) is 10.4 Å². The molecule has 0 saturated carbocycles. The van der Waals surface area contributed by atoms with Gasteiger partial charge in [-0.15, -0.1) is 11.3 Å². The Kier molecular flexibility index (Phi) is 2.52. The van der Waals surface area contributed by atoms with E-state index in [-0.39, 0.29) is 0 Å². The van der Waals surface area contributed by atoms with E-state index in [2.05, 4.69) is 16.2 Å². The standard InChI is InChI=1S/C11H12N4S/c1-11(2,7-12)10-14-8(6-16-10)9-4-5-13-15(9)3/h4-6H,1-3H3. The number of rotatable bonds is 2. The van der Waals surface area contributed by atoms with E-state index >= 15 is 0 Å². The fraction of sp³-hybridized carbons (Fsp3) is 0.364. The van der Waals surface area contributed by atoms with Gasteiger partial charge in [0.1, 0.15) is 10.4 Å². The molecule has 0 spiro atoms. The predicted octanol–water partition coefficient (Wildman–Crippen LogP) is 2.34. The van der Waals surface area contributed by atoms with Gasteiger partial charge in [-0.1, -0.05) is 0 Å². The maximum Gasteiger partial charge on any atom is 0.113 e. The second kappa shape index (κ2) is 3.72. The SMILES string of the molecule is Cn1nccc1-c1csc(C(C)(C)C#N)n1. The highest BCUT2D eigenvalue weighted by Crippen LogP contribution is 2.29. The molecular formula is C11H12N4S. The van der Waals surface area contributed by atoms with Gasteiger partial charge >= 0.3 is 0 Å². The Labute approximate surface area is 98.2 Å². The molecule has 2 heterocycles. The van der Waals surface area contributed by atoms with Crippen LogP contribution in [-0.2, 0) is 12.5 Å². The molecule has 0 aliphatic carbocycles. The van der Waals surface area contributed by atoms with Crippen molar-refractivity contribution in [2.45, 2.75) is 19.3 Å². The monoisotopic (exact) mass is 232 g/mol. The van der Waals surface area contributed by atoms with E-state index in [0.717, 1.165) is 16.4 Å². The Morgan fingerprint density at radius 3 is 2.81 bits per heavy atom. The Hall–Kier alpha value is -1.67. The van der Waals surface area contributed by atoms with Gasteiger partial charge in [-0.25, -0.2) is 4.98 Å². The summed E-state index contributed by atoms with van der Waals surface area (Å²) in [6, 6.07) is 4.17. The van der Waals surface area contributed by atoms with Crippen LogP contribution in [0.5, 0.6) is 0 Å². The number of nitriles is 1. The molecule has 82 valence electrons. The Morgan fingerprint density at radius 2 is 2.25 bits per heavy atom. The van der Waals surface area contributed by atoms with Crippen LogP contribution in [0.2, 0.25) is 0 Å². The van der Waals surface area contributed by atoms with Crippen LogP contribution in [0.25, 0.3) is 11.4 Å². The first-order valence-corrected chi connectivity index (χ1v) is 5.78. The van der Waals surface area contributed by atoms with E-state index in [1.54, 1.807) is 10.9 Å². The van der Waals surface area contributed by atoms with Gasteiger partial charge in [0.25, 0.3) is 0 Å². The second-order valence-corrected chi connectivity index (χ2v) is 4.97. The number of thiazole rings is 1. The van der Waals surface area contributed by atoms with Crippen LogP contribution in [-0.4, -0.2) is 14.8 Å². The summed E-state index contributed by atoms with van der Waals surface area (Å²) in [6.45, 7) is 3.75. The normalized spacial score (nSPS) is 11.4. The van der Waals surface area contributed by atoms with E-state index < -0.39 is 5.41 Å². The molecule has 0 aromatic carbocycles. The van der Waals surface area contributed by atoms with Crippen LogP contribution < -0.4 is 0 Å². The van der Waals surface area contributed by atoms with Crippen molar-refractivity contribution >= 4 is 11.3 Å². The molecule has 16 heavy (non-hydrogen) atoms. The quantitative estimate of drug-likeness (QED) is 0.798. The van der Waals surface area contributed by atoms with Crippen molar-refractivity contribution in [1.29, 1.82) is 5.26 Å². The Bertz CT molecular complexity index is 544. The highest BCUT2D eigenvalue weighted by molar-refractivity contribution is 7.10. The first-order valence-electron chi connectivity index (χ1n) is 4.90. The lowest BCUT2D eigenvalue weighted by atomic mass is 9.97. The first kappa shape index (κ1) is 10.8. The van der Waals surface area contributed by atoms with Crippen molar-refractivity contribution in [3.05, 3.63) is 22.7 Å². The number of nitrogens with zero attached hydrogens (tertiary/aromatic N) is 4. The topological polar surface area (TPSA) is 54.5 Å². The van der Waals surface area contributed by atoms with Gasteiger partial charge < -0.3 is 0 Å². The summed E-state index contributed by atoms with van der Waals surface area (Å²) >= 11 is 1.51. The molecule has 0 radical (unpaired) electrons. The second-order valence-electron chi connectivity index (χ2n) is 4.11. The molecule has 2 aromatic rings. The third kappa shape index (κ3) is 1.72. The highest BCUT2D eigenvalue weighted by Gasteiger charge is 2.24. The molecule has 0 aliphatic heterocycles. The number of aromatic nitrogens is 3. The summed E-state index contributed by atoms with van der Waals surface area (Å²) in [5, 5.41) is 15.9. The number of hydrogen-bond donors (Lipinski definition) is 0. The van der Waals surface area contributed by atoms with Crippen molar-refractivity contribution in [3.8, 4) is 17.5 Å². The van der Waals surface area contributed by atoms with Gasteiger partial charge in [0.05, 0.1) is 17.5 Å². The summed E-state index contributed by atoms with van der Waals surface area (Å²) < 4.78 is 1.78. The predicted molar refractivity (Wildman–Crippen MR) is 63.0 cm³/mol. The van der Waals surface area contributed by atoms with Crippen molar-refractivity contribution in [1.82, 2.24) is 14.8 Å². The molecule has 0 aliphatic rings. The van der Waals surface area contributed by atoms with E-state index in [9.17, 15) is 0 Å². The molecule has 0 bridgehead atoms. The van der Waals surface area contributed by atoms with E-state index in [4.69, 9.17) is 5.26 Å². The van der Waals surface area contributed by atoms with Gasteiger partial charge in [0, 0.05) is 18.6 Å². The number of hydrogen-bond acceptors (Lipinski definition) is 4.